The Morgan fingerprint density at radius 3 is 2.48 bits per heavy atom. The highest BCUT2D eigenvalue weighted by Crippen LogP contribution is 2.29. The van der Waals surface area contributed by atoms with Crippen LogP contribution in [0, 0.1) is 0 Å². The summed E-state index contributed by atoms with van der Waals surface area (Å²) in [6.45, 7) is 3.77. The van der Waals surface area contributed by atoms with Gasteiger partial charge in [0.1, 0.15) is 12.4 Å². The molecule has 0 aliphatic carbocycles. The van der Waals surface area contributed by atoms with E-state index in [1.807, 2.05) is 13.8 Å². The molecular formula is C19H24N2O6. The highest BCUT2D eigenvalue weighted by molar-refractivity contribution is 6.06. The van der Waals surface area contributed by atoms with Crippen molar-refractivity contribution in [1.29, 1.82) is 0 Å². The minimum atomic E-state index is -0.712. The van der Waals surface area contributed by atoms with E-state index in [2.05, 4.69) is 5.32 Å². The lowest BCUT2D eigenvalue weighted by Crippen LogP contribution is -2.40. The lowest BCUT2D eigenvalue weighted by molar-refractivity contribution is -0.140. The number of hydrogen-bond acceptors (Lipinski definition) is 7. The Hall–Kier alpha value is -2.87. The van der Waals surface area contributed by atoms with E-state index in [0.29, 0.717) is 11.3 Å². The Bertz CT molecular complexity index is 758. The first-order valence-electron chi connectivity index (χ1n) is 8.59. The molecule has 8 nitrogen and oxygen atoms in total. The molecule has 0 saturated carbocycles. The van der Waals surface area contributed by atoms with Gasteiger partial charge in [-0.2, -0.15) is 0 Å². The number of methoxy groups -OCH3 is 2. The highest BCUT2D eigenvalue weighted by atomic mass is 16.5. The molecular weight excluding hydrogens is 352 g/mol. The van der Waals surface area contributed by atoms with Crippen LogP contribution in [0.2, 0.25) is 0 Å². The fourth-order valence-corrected chi connectivity index (χ4v) is 2.64. The molecule has 0 bridgehead atoms. The van der Waals surface area contributed by atoms with Crippen LogP contribution in [-0.2, 0) is 23.8 Å². The first kappa shape index (κ1) is 20.4. The van der Waals surface area contributed by atoms with Gasteiger partial charge in [-0.25, -0.2) is 9.59 Å². The number of nitrogens with zero attached hydrogens (tertiary/aromatic N) is 1. The van der Waals surface area contributed by atoms with Crippen molar-refractivity contribution >= 4 is 23.5 Å². The number of esters is 2. The highest BCUT2D eigenvalue weighted by Gasteiger charge is 2.34. The van der Waals surface area contributed by atoms with Crippen LogP contribution < -0.4 is 10.2 Å². The van der Waals surface area contributed by atoms with E-state index in [4.69, 9.17) is 14.2 Å². The maximum atomic E-state index is 12.7. The van der Waals surface area contributed by atoms with Crippen LogP contribution in [0.4, 0.5) is 5.69 Å². The first-order chi connectivity index (χ1) is 12.9. The van der Waals surface area contributed by atoms with Crippen molar-refractivity contribution in [3.63, 3.8) is 0 Å². The van der Waals surface area contributed by atoms with E-state index >= 15 is 0 Å². The van der Waals surface area contributed by atoms with Gasteiger partial charge in [-0.05, 0) is 25.5 Å². The van der Waals surface area contributed by atoms with Gasteiger partial charge < -0.3 is 24.4 Å². The fourth-order valence-electron chi connectivity index (χ4n) is 2.64. The first-order valence-corrected chi connectivity index (χ1v) is 8.59. The summed E-state index contributed by atoms with van der Waals surface area (Å²) in [5.74, 6) is -1.69. The predicted octanol–water partition coefficient (Wildman–Crippen LogP) is 1.61. The predicted molar refractivity (Wildman–Crippen MR) is 98.0 cm³/mol. The topological polar surface area (TPSA) is 94.2 Å². The number of carbonyl (C=O) groups is 3. The number of anilines is 1. The monoisotopic (exact) mass is 376 g/mol. The van der Waals surface area contributed by atoms with Crippen molar-refractivity contribution in [3.05, 3.63) is 41.1 Å². The van der Waals surface area contributed by atoms with Gasteiger partial charge in [-0.1, -0.05) is 19.1 Å². The molecule has 1 aliphatic heterocycles. The average Bonchev–Trinajstić information content (AvgIpc) is 2.71. The number of nitrogens with one attached hydrogen (secondary N) is 1. The summed E-state index contributed by atoms with van der Waals surface area (Å²) in [7, 11) is 2.44. The van der Waals surface area contributed by atoms with Gasteiger partial charge in [0.15, 0.2) is 0 Å². The normalized spacial score (nSPS) is 15.2. The molecule has 1 atom stereocenters. The summed E-state index contributed by atoms with van der Waals surface area (Å²) in [6.07, 6.45) is 0.778. The van der Waals surface area contributed by atoms with Gasteiger partial charge in [0.2, 0.25) is 0 Å². The molecule has 146 valence electrons. The number of ether oxygens (including phenoxy) is 3. The maximum absolute atomic E-state index is 12.7. The maximum Gasteiger partial charge on any atom is 0.355 e. The second-order valence-corrected chi connectivity index (χ2v) is 6.02. The van der Waals surface area contributed by atoms with Crippen LogP contribution in [0.15, 0.2) is 35.5 Å². The third-order valence-corrected chi connectivity index (χ3v) is 4.26. The zero-order valence-electron chi connectivity index (χ0n) is 15.9. The van der Waals surface area contributed by atoms with Gasteiger partial charge in [-0.3, -0.25) is 4.79 Å². The Kier molecular flexibility index (Phi) is 6.95. The molecule has 1 unspecified atom stereocenters. The summed E-state index contributed by atoms with van der Waals surface area (Å²) in [6, 6.07) is 6.77. The summed E-state index contributed by atoms with van der Waals surface area (Å²) < 4.78 is 15.1. The molecule has 1 aliphatic rings. The summed E-state index contributed by atoms with van der Waals surface area (Å²) >= 11 is 0. The Morgan fingerprint density at radius 2 is 1.85 bits per heavy atom. The molecule has 1 amide bonds. The number of para-hydroxylation sites is 1. The smallest absolute Gasteiger partial charge is 0.355 e. The van der Waals surface area contributed by atoms with Crippen molar-refractivity contribution in [2.45, 2.75) is 26.3 Å². The molecule has 2 rings (SSSR count). The fraction of sp³-hybridized carbons (Fsp3) is 0.421. The molecule has 0 saturated heterocycles. The van der Waals surface area contributed by atoms with E-state index in [0.717, 1.165) is 6.42 Å². The van der Waals surface area contributed by atoms with E-state index in [1.54, 1.807) is 24.3 Å². The van der Waals surface area contributed by atoms with Crippen molar-refractivity contribution in [3.8, 4) is 0 Å². The zero-order chi connectivity index (χ0) is 20.0. The molecule has 1 aromatic carbocycles. The minimum Gasteiger partial charge on any atom is -0.466 e. The zero-order valence-corrected chi connectivity index (χ0v) is 15.9. The summed E-state index contributed by atoms with van der Waals surface area (Å²) in [5, 5.41) is 2.90. The molecule has 27 heavy (non-hydrogen) atoms. The van der Waals surface area contributed by atoms with Crippen LogP contribution in [0.25, 0.3) is 0 Å². The van der Waals surface area contributed by atoms with E-state index in [-0.39, 0.29) is 36.6 Å². The quantitative estimate of drug-likeness (QED) is 0.754. The number of amides is 1. The van der Waals surface area contributed by atoms with Crippen molar-refractivity contribution in [1.82, 2.24) is 5.32 Å². The van der Waals surface area contributed by atoms with Crippen LogP contribution in [-0.4, -0.2) is 51.4 Å². The SMILES string of the molecule is CCC(C)NC(=O)c1ccccc1N1COCC(C(=O)OC)=C1C(=O)OC. The molecule has 0 radical (unpaired) electrons. The number of carbonyl (C=O) groups excluding carboxylic acids is 3. The number of hydrogen-bond donors (Lipinski definition) is 1. The van der Waals surface area contributed by atoms with Crippen molar-refractivity contribution in [2.75, 3.05) is 32.5 Å². The second-order valence-electron chi connectivity index (χ2n) is 6.02. The standard InChI is InChI=1S/C19H24N2O6/c1-5-12(2)20-17(22)13-8-6-7-9-15(13)21-11-27-10-14(18(23)25-3)16(21)19(24)26-4/h6-9,12H,5,10-11H2,1-4H3,(H,20,22). The third kappa shape index (κ3) is 4.46. The van der Waals surface area contributed by atoms with Gasteiger partial charge in [-0.15, -0.1) is 0 Å². The Morgan fingerprint density at radius 1 is 1.19 bits per heavy atom. The van der Waals surface area contributed by atoms with Crippen LogP contribution in [0.3, 0.4) is 0 Å². The molecule has 1 heterocycles. The molecule has 0 spiro atoms. The minimum absolute atomic E-state index is 0.000565. The summed E-state index contributed by atoms with van der Waals surface area (Å²) in [4.78, 5) is 38.6. The van der Waals surface area contributed by atoms with Gasteiger partial charge in [0.25, 0.3) is 5.91 Å². The van der Waals surface area contributed by atoms with E-state index in [1.165, 1.54) is 19.1 Å². The Labute approximate surface area is 158 Å². The summed E-state index contributed by atoms with van der Waals surface area (Å²) in [5.41, 5.74) is 0.820. The largest absolute Gasteiger partial charge is 0.466 e. The van der Waals surface area contributed by atoms with Gasteiger partial charge >= 0.3 is 11.9 Å². The van der Waals surface area contributed by atoms with Crippen LogP contribution >= 0.6 is 0 Å². The number of benzene rings is 1. The Balaban J connectivity index is 2.54. The van der Waals surface area contributed by atoms with Crippen LogP contribution in [0.1, 0.15) is 30.6 Å². The molecule has 8 heteroatoms. The average molecular weight is 376 g/mol. The molecule has 0 aromatic heterocycles. The third-order valence-electron chi connectivity index (χ3n) is 4.26. The van der Waals surface area contributed by atoms with E-state index < -0.39 is 11.9 Å². The van der Waals surface area contributed by atoms with Gasteiger partial charge in [0, 0.05) is 6.04 Å². The van der Waals surface area contributed by atoms with E-state index in [9.17, 15) is 14.4 Å². The second kappa shape index (κ2) is 9.18. The lowest BCUT2D eigenvalue weighted by atomic mass is 10.1. The molecule has 1 N–H and O–H groups in total. The van der Waals surface area contributed by atoms with Crippen molar-refractivity contribution < 1.29 is 28.6 Å². The number of rotatable bonds is 6. The lowest BCUT2D eigenvalue weighted by Gasteiger charge is -2.32. The van der Waals surface area contributed by atoms with Crippen LogP contribution in [0.5, 0.6) is 0 Å². The molecule has 0 fully saturated rings. The van der Waals surface area contributed by atoms with Crippen molar-refractivity contribution in [2.24, 2.45) is 0 Å². The molecule has 1 aromatic rings. The van der Waals surface area contributed by atoms with Gasteiger partial charge in [0.05, 0.1) is 37.7 Å².